The van der Waals surface area contributed by atoms with Gasteiger partial charge in [-0.1, -0.05) is 17.3 Å². The molecule has 0 fully saturated rings. The molecule has 13 heteroatoms. The van der Waals surface area contributed by atoms with Crippen molar-refractivity contribution >= 4 is 6.21 Å². The fourth-order valence-corrected chi connectivity index (χ4v) is 3.60. The van der Waals surface area contributed by atoms with Gasteiger partial charge in [0.25, 0.3) is 0 Å². The lowest BCUT2D eigenvalue weighted by Gasteiger charge is -2.19. The third kappa shape index (κ3) is 4.61. The number of nitrogens with one attached hydrogen (secondary N) is 1. The average Bonchev–Trinajstić information content (AvgIpc) is 3.45. The number of alkyl halides is 6. The highest BCUT2D eigenvalue weighted by Crippen LogP contribution is 2.40. The number of hydrogen-bond acceptors (Lipinski definition) is 6. The zero-order valence-corrected chi connectivity index (χ0v) is 17.5. The van der Waals surface area contributed by atoms with Crippen LogP contribution in [0.25, 0.3) is 22.8 Å². The lowest BCUT2D eigenvalue weighted by atomic mass is 10.0. The van der Waals surface area contributed by atoms with Crippen molar-refractivity contribution in [3.05, 3.63) is 76.9 Å². The SMILES string of the molecule is FC(F)(F)c1ccc(-c2cc(CN3Cc4nc(-c5ccccn5)[nH]c4C=N3)on2)c(C(F)(F)F)c1. The number of hydrazone groups is 1. The first-order valence-corrected chi connectivity index (χ1v) is 10.1. The Labute approximate surface area is 193 Å². The normalized spacial score (nSPS) is 13.8. The monoisotopic (exact) mass is 492 g/mol. The molecule has 35 heavy (non-hydrogen) atoms. The molecule has 0 atom stereocenters. The van der Waals surface area contributed by atoms with E-state index in [2.05, 4.69) is 25.2 Å². The molecule has 5 rings (SSSR count). The summed E-state index contributed by atoms with van der Waals surface area (Å²) in [4.78, 5) is 11.9. The summed E-state index contributed by atoms with van der Waals surface area (Å²) < 4.78 is 84.4. The maximum absolute atomic E-state index is 13.5. The second-order valence-corrected chi connectivity index (χ2v) is 7.66. The Hall–Kier alpha value is -4.16. The first-order valence-electron chi connectivity index (χ1n) is 10.1. The summed E-state index contributed by atoms with van der Waals surface area (Å²) in [5, 5.41) is 9.48. The summed E-state index contributed by atoms with van der Waals surface area (Å²) in [6, 6.07) is 8.03. The Morgan fingerprint density at radius 3 is 2.51 bits per heavy atom. The second kappa shape index (κ2) is 8.25. The predicted molar refractivity (Wildman–Crippen MR) is 111 cm³/mol. The van der Waals surface area contributed by atoms with Crippen LogP contribution in [-0.2, 0) is 25.4 Å². The van der Waals surface area contributed by atoms with Crippen molar-refractivity contribution in [2.75, 3.05) is 0 Å². The van der Waals surface area contributed by atoms with E-state index in [0.29, 0.717) is 29.0 Å². The molecular weight excluding hydrogens is 478 g/mol. The van der Waals surface area contributed by atoms with E-state index in [1.807, 2.05) is 6.07 Å². The molecule has 0 aliphatic carbocycles. The topological polar surface area (TPSA) is 83.2 Å². The molecule has 1 N–H and O–H groups in total. The smallest absolute Gasteiger partial charge is 0.359 e. The Morgan fingerprint density at radius 1 is 0.971 bits per heavy atom. The number of aromatic amines is 1. The van der Waals surface area contributed by atoms with E-state index >= 15 is 0 Å². The van der Waals surface area contributed by atoms with Gasteiger partial charge in [-0.2, -0.15) is 31.4 Å². The number of nitrogens with zero attached hydrogens (tertiary/aromatic N) is 5. The summed E-state index contributed by atoms with van der Waals surface area (Å²) in [6.45, 7) is 0.329. The van der Waals surface area contributed by atoms with Gasteiger partial charge in [0.15, 0.2) is 11.6 Å². The number of hydrogen-bond donors (Lipinski definition) is 1. The Balaban J connectivity index is 1.36. The Bertz CT molecular complexity index is 1390. The zero-order chi connectivity index (χ0) is 24.8. The highest BCUT2D eigenvalue weighted by molar-refractivity contribution is 5.80. The largest absolute Gasteiger partial charge is 0.417 e. The van der Waals surface area contributed by atoms with Gasteiger partial charge in [-0.05, 0) is 24.3 Å². The van der Waals surface area contributed by atoms with Crippen LogP contribution in [0.4, 0.5) is 26.3 Å². The molecule has 1 aliphatic heterocycles. The number of halogens is 6. The zero-order valence-electron chi connectivity index (χ0n) is 17.5. The van der Waals surface area contributed by atoms with Gasteiger partial charge < -0.3 is 9.51 Å². The van der Waals surface area contributed by atoms with Crippen LogP contribution in [-0.4, -0.2) is 31.3 Å². The maximum Gasteiger partial charge on any atom is 0.417 e. The third-order valence-electron chi connectivity index (χ3n) is 5.23. The van der Waals surface area contributed by atoms with Gasteiger partial charge in [-0.15, -0.1) is 0 Å². The molecule has 0 amide bonds. The number of rotatable bonds is 4. The van der Waals surface area contributed by atoms with E-state index in [1.54, 1.807) is 29.6 Å². The van der Waals surface area contributed by atoms with E-state index in [1.165, 1.54) is 6.07 Å². The standard InChI is InChI=1S/C22H14F6N6O/c23-21(24,25)12-4-5-14(15(7-12)22(26,27)28)17-8-13(35-33-17)10-34-11-19-18(9-30-34)31-20(32-19)16-3-1-2-6-29-16/h1-9H,10-11H2,(H,31,32). The number of H-pyrrole nitrogens is 1. The number of aromatic nitrogens is 4. The van der Waals surface area contributed by atoms with Gasteiger partial charge in [0.2, 0.25) is 0 Å². The van der Waals surface area contributed by atoms with Crippen LogP contribution in [0.5, 0.6) is 0 Å². The van der Waals surface area contributed by atoms with Gasteiger partial charge >= 0.3 is 12.4 Å². The van der Waals surface area contributed by atoms with Crippen molar-refractivity contribution in [3.8, 4) is 22.8 Å². The lowest BCUT2D eigenvalue weighted by Crippen LogP contribution is -2.21. The van der Waals surface area contributed by atoms with Crippen molar-refractivity contribution in [1.82, 2.24) is 25.1 Å². The highest BCUT2D eigenvalue weighted by atomic mass is 19.4. The van der Waals surface area contributed by atoms with E-state index in [-0.39, 0.29) is 30.6 Å². The molecule has 0 spiro atoms. The van der Waals surface area contributed by atoms with Crippen molar-refractivity contribution in [2.45, 2.75) is 25.4 Å². The molecule has 1 aliphatic rings. The molecule has 0 unspecified atom stereocenters. The van der Waals surface area contributed by atoms with E-state index < -0.39 is 29.0 Å². The molecule has 1 aromatic carbocycles. The minimum absolute atomic E-state index is 0.0523. The molecule has 4 heterocycles. The molecule has 4 aromatic rings. The Morgan fingerprint density at radius 2 is 1.80 bits per heavy atom. The number of imidazole rings is 1. The molecule has 0 saturated heterocycles. The van der Waals surface area contributed by atoms with Crippen molar-refractivity contribution in [1.29, 1.82) is 0 Å². The number of fused-ring (bicyclic) bond motifs is 1. The van der Waals surface area contributed by atoms with Crippen LogP contribution >= 0.6 is 0 Å². The molecule has 0 bridgehead atoms. The first kappa shape index (κ1) is 22.6. The van der Waals surface area contributed by atoms with Crippen LogP contribution in [0.3, 0.4) is 0 Å². The summed E-state index contributed by atoms with van der Waals surface area (Å²) in [6.07, 6.45) is -6.75. The highest BCUT2D eigenvalue weighted by Gasteiger charge is 2.39. The number of benzene rings is 1. The minimum atomic E-state index is -5.02. The Kier molecular flexibility index (Phi) is 5.33. The van der Waals surface area contributed by atoms with Crippen LogP contribution in [0.2, 0.25) is 0 Å². The van der Waals surface area contributed by atoms with Gasteiger partial charge in [-0.3, -0.25) is 9.99 Å². The van der Waals surface area contributed by atoms with Gasteiger partial charge in [0, 0.05) is 17.8 Å². The summed E-state index contributed by atoms with van der Waals surface area (Å²) in [5.74, 6) is 0.738. The molecule has 180 valence electrons. The minimum Gasteiger partial charge on any atom is -0.359 e. The second-order valence-electron chi connectivity index (χ2n) is 7.66. The van der Waals surface area contributed by atoms with Crippen LogP contribution < -0.4 is 0 Å². The van der Waals surface area contributed by atoms with E-state index in [0.717, 1.165) is 6.07 Å². The fourth-order valence-electron chi connectivity index (χ4n) is 3.60. The molecule has 3 aromatic heterocycles. The average molecular weight is 492 g/mol. The van der Waals surface area contributed by atoms with Gasteiger partial charge in [-0.25, -0.2) is 4.98 Å². The van der Waals surface area contributed by atoms with Crippen LogP contribution in [0, 0.1) is 0 Å². The lowest BCUT2D eigenvalue weighted by molar-refractivity contribution is -0.142. The molecule has 0 radical (unpaired) electrons. The number of pyridine rings is 1. The van der Waals surface area contributed by atoms with Crippen LogP contribution in [0.15, 0.2) is 58.3 Å². The van der Waals surface area contributed by atoms with Crippen molar-refractivity contribution < 1.29 is 30.9 Å². The maximum atomic E-state index is 13.5. The third-order valence-corrected chi connectivity index (χ3v) is 5.23. The molecular formula is C22H14F6N6O. The van der Waals surface area contributed by atoms with Crippen LogP contribution in [0.1, 0.15) is 28.3 Å². The van der Waals surface area contributed by atoms with Crippen molar-refractivity contribution in [2.24, 2.45) is 5.10 Å². The first-order chi connectivity index (χ1) is 16.6. The van der Waals surface area contributed by atoms with Gasteiger partial charge in [0.05, 0.1) is 41.8 Å². The van der Waals surface area contributed by atoms with Gasteiger partial charge in [0.1, 0.15) is 11.4 Å². The van der Waals surface area contributed by atoms with E-state index in [4.69, 9.17) is 4.52 Å². The molecule has 7 nitrogen and oxygen atoms in total. The molecule has 0 saturated carbocycles. The van der Waals surface area contributed by atoms with Crippen molar-refractivity contribution in [3.63, 3.8) is 0 Å². The quantitative estimate of drug-likeness (QED) is 0.380. The summed E-state index contributed by atoms with van der Waals surface area (Å²) >= 11 is 0. The fraction of sp³-hybridized carbons (Fsp3) is 0.182. The van der Waals surface area contributed by atoms with E-state index in [9.17, 15) is 26.3 Å². The summed E-state index contributed by atoms with van der Waals surface area (Å²) in [7, 11) is 0. The summed E-state index contributed by atoms with van der Waals surface area (Å²) in [5.41, 5.74) is -1.58. The predicted octanol–water partition coefficient (Wildman–Crippen LogP) is 5.51.